The summed E-state index contributed by atoms with van der Waals surface area (Å²) in [7, 11) is 1.37. The van der Waals surface area contributed by atoms with Gasteiger partial charge in [0.2, 0.25) is 5.60 Å². The minimum atomic E-state index is -2.08. The number of aromatic nitrogens is 1. The molecule has 14 heteroatoms. The number of hydrogen-bond acceptors (Lipinski definition) is 10. The fraction of sp³-hybridized carbons (Fsp3) is 0.667. The molecule has 1 saturated carbocycles. The van der Waals surface area contributed by atoms with Crippen molar-refractivity contribution >= 4 is 30.0 Å². The summed E-state index contributed by atoms with van der Waals surface area (Å²) in [5, 5.41) is 21.9. The lowest BCUT2D eigenvalue weighted by Crippen LogP contribution is -2.76. The second-order valence-electron chi connectivity index (χ2n) is 12.1. The highest BCUT2D eigenvalue weighted by atomic mass is 16.6. The van der Waals surface area contributed by atoms with E-state index in [1.807, 2.05) is 6.07 Å². The van der Waals surface area contributed by atoms with Crippen LogP contribution in [0.15, 0.2) is 17.1 Å². The molecule has 1 aliphatic carbocycles. The first-order chi connectivity index (χ1) is 20.8. The van der Waals surface area contributed by atoms with Crippen molar-refractivity contribution in [3.8, 4) is 6.07 Å². The van der Waals surface area contributed by atoms with Gasteiger partial charge >= 0.3 is 17.8 Å². The summed E-state index contributed by atoms with van der Waals surface area (Å²) >= 11 is 0. The van der Waals surface area contributed by atoms with E-state index in [4.69, 9.17) is 30.4 Å². The lowest BCUT2D eigenvalue weighted by molar-refractivity contribution is -0.309. The number of nitrogens with one attached hydrogen (secondary N) is 2. The maximum absolute atomic E-state index is 12.8. The Morgan fingerprint density at radius 1 is 1.30 bits per heavy atom. The fourth-order valence-electron chi connectivity index (χ4n) is 5.12. The number of nitrogens with two attached hydrogens (primary N) is 2. The van der Waals surface area contributed by atoms with Crippen molar-refractivity contribution in [3.63, 3.8) is 0 Å². The smallest absolute Gasteiger partial charge is 0.347 e. The van der Waals surface area contributed by atoms with Gasteiger partial charge in [0.05, 0.1) is 5.69 Å². The molecule has 242 valence electrons. The molecule has 0 bridgehead atoms. The van der Waals surface area contributed by atoms with Gasteiger partial charge in [-0.05, 0) is 50.7 Å². The van der Waals surface area contributed by atoms with Gasteiger partial charge in [0, 0.05) is 13.5 Å². The van der Waals surface area contributed by atoms with E-state index in [1.165, 1.54) is 19.2 Å². The molecule has 1 amide bonds. The molecule has 2 aliphatic rings. The van der Waals surface area contributed by atoms with Crippen molar-refractivity contribution in [1.29, 1.82) is 5.26 Å². The Morgan fingerprint density at radius 2 is 1.98 bits per heavy atom. The number of carbonyl (C=O) groups excluding carboxylic acids is 3. The van der Waals surface area contributed by atoms with Crippen molar-refractivity contribution in [2.75, 3.05) is 13.7 Å². The third-order valence-corrected chi connectivity index (χ3v) is 8.23. The van der Waals surface area contributed by atoms with Gasteiger partial charge < -0.3 is 40.5 Å². The van der Waals surface area contributed by atoms with Gasteiger partial charge in [0.25, 0.3) is 5.84 Å². The summed E-state index contributed by atoms with van der Waals surface area (Å²) < 4.78 is 22.4. The minimum Gasteiger partial charge on any atom is -0.463 e. The molecule has 1 aromatic heterocycles. The van der Waals surface area contributed by atoms with Gasteiger partial charge in [-0.3, -0.25) is 9.59 Å². The molecular weight excluding hydrogens is 572 g/mol. The average Bonchev–Trinajstić information content (AvgIpc) is 3.59. The van der Waals surface area contributed by atoms with E-state index in [-0.39, 0.29) is 42.1 Å². The number of carbonyl (C=O) groups is 3. The van der Waals surface area contributed by atoms with Crippen LogP contribution in [0.4, 0.5) is 0 Å². The Balaban J connectivity index is 1.91. The number of aliphatic hydroxyl groups excluding tert-OH is 1. The van der Waals surface area contributed by atoms with Crippen LogP contribution in [0, 0.1) is 23.2 Å². The SMILES string of the molecule is COC(C)(C)C(=O)N=C([NH+]=CN)c1ccc([C@]2(C#N)O[C@H](COC(=O)CC3CCCCC3)[C@@H](OC(=O)[C@H](N)C(C)C)[C@H]2O)[nH]1. The molecule has 44 heavy (non-hydrogen) atoms. The first-order valence-electron chi connectivity index (χ1n) is 14.9. The van der Waals surface area contributed by atoms with Crippen molar-refractivity contribution in [1.82, 2.24) is 4.98 Å². The number of ether oxygens (including phenoxy) is 4. The quantitative estimate of drug-likeness (QED) is 0.123. The summed E-state index contributed by atoms with van der Waals surface area (Å²) in [4.78, 5) is 47.9. The zero-order valence-corrected chi connectivity index (χ0v) is 26.0. The number of hydrogen-bond donors (Lipinski definition) is 5. The highest BCUT2D eigenvalue weighted by Crippen LogP contribution is 2.41. The first-order valence-corrected chi connectivity index (χ1v) is 14.9. The molecule has 0 aromatic carbocycles. The Bertz CT molecular complexity index is 1280. The van der Waals surface area contributed by atoms with E-state index >= 15 is 0 Å². The van der Waals surface area contributed by atoms with E-state index in [0.29, 0.717) is 0 Å². The number of aromatic amines is 1. The van der Waals surface area contributed by atoms with Crippen molar-refractivity contribution < 1.29 is 43.4 Å². The molecular formula is C30H45N6O8+. The van der Waals surface area contributed by atoms with Crippen LogP contribution >= 0.6 is 0 Å². The number of aliphatic hydroxyl groups is 1. The van der Waals surface area contributed by atoms with Gasteiger partial charge in [-0.2, -0.15) is 5.26 Å². The van der Waals surface area contributed by atoms with E-state index in [0.717, 1.165) is 38.4 Å². The Morgan fingerprint density at radius 3 is 2.57 bits per heavy atom. The van der Waals surface area contributed by atoms with Crippen LogP contribution in [0.5, 0.6) is 0 Å². The van der Waals surface area contributed by atoms with Crippen molar-refractivity contribution in [2.45, 2.75) is 102 Å². The van der Waals surface area contributed by atoms with Crippen molar-refractivity contribution in [3.05, 3.63) is 23.5 Å². The summed E-state index contributed by atoms with van der Waals surface area (Å²) in [5.41, 5.74) is 8.51. The number of H-pyrrole nitrogens is 1. The lowest BCUT2D eigenvalue weighted by atomic mass is 9.87. The molecule has 7 N–H and O–H groups in total. The van der Waals surface area contributed by atoms with Crippen LogP contribution in [0.25, 0.3) is 0 Å². The maximum atomic E-state index is 12.8. The number of nitrogens with zero attached hydrogens (tertiary/aromatic N) is 2. The Kier molecular flexibility index (Phi) is 11.8. The molecule has 0 unspecified atom stereocenters. The summed E-state index contributed by atoms with van der Waals surface area (Å²) in [6.45, 7) is 6.20. The largest absolute Gasteiger partial charge is 0.463 e. The number of amides is 1. The zero-order chi connectivity index (χ0) is 32.7. The van der Waals surface area contributed by atoms with Gasteiger partial charge in [0.1, 0.15) is 36.6 Å². The number of amidine groups is 1. The highest BCUT2D eigenvalue weighted by Gasteiger charge is 2.59. The van der Waals surface area contributed by atoms with Crippen LogP contribution in [0.2, 0.25) is 0 Å². The third-order valence-electron chi connectivity index (χ3n) is 8.23. The van der Waals surface area contributed by atoms with Crippen LogP contribution in [0.1, 0.15) is 77.6 Å². The molecule has 1 aliphatic heterocycles. The minimum absolute atomic E-state index is 0.00790. The Labute approximate surface area is 257 Å². The highest BCUT2D eigenvalue weighted by molar-refractivity contribution is 6.01. The third kappa shape index (κ3) is 7.89. The number of rotatable bonds is 11. The van der Waals surface area contributed by atoms with Crippen LogP contribution in [-0.2, 0) is 38.9 Å². The van der Waals surface area contributed by atoms with Crippen molar-refractivity contribution in [2.24, 2.45) is 28.3 Å². The zero-order valence-electron chi connectivity index (χ0n) is 26.0. The first kappa shape index (κ1) is 34.8. The number of nitriles is 1. The van der Waals surface area contributed by atoms with Gasteiger partial charge in [-0.1, -0.05) is 38.1 Å². The fourth-order valence-corrected chi connectivity index (χ4v) is 5.12. The summed E-state index contributed by atoms with van der Waals surface area (Å²) in [6.07, 6.45) is 2.19. The molecule has 3 rings (SSSR count). The molecule has 2 heterocycles. The molecule has 0 radical (unpaired) electrons. The molecule has 14 nitrogen and oxygen atoms in total. The van der Waals surface area contributed by atoms with Crippen LogP contribution < -0.4 is 16.5 Å². The predicted molar refractivity (Wildman–Crippen MR) is 158 cm³/mol. The lowest BCUT2D eigenvalue weighted by Gasteiger charge is -2.25. The normalized spacial score (nSPS) is 25.6. The standard InChI is InChI=1S/C30H44N6O8/c1-17(2)23(33)27(39)43-24-20(14-42-22(37)13-18-9-7-6-8-10-18)44-30(15-31,25(24)38)21-12-11-19(35-21)26(34-16-32)36-28(40)29(3,4)41-5/h11-12,16-18,20,23-25,35,38H,6-10,13-14,33H2,1-5H3,(H2,32,34,36,40)/p+1/t20-,23-,24-,25-,30+/m1/s1. The molecule has 1 aromatic rings. The predicted octanol–water partition coefficient (Wildman–Crippen LogP) is -0.332. The van der Waals surface area contributed by atoms with E-state index in [1.54, 1.807) is 27.7 Å². The summed E-state index contributed by atoms with van der Waals surface area (Å²) in [5.74, 6) is -1.88. The van der Waals surface area contributed by atoms with E-state index < -0.39 is 53.4 Å². The molecule has 2 fully saturated rings. The number of esters is 2. The van der Waals surface area contributed by atoms with Gasteiger partial charge in [-0.25, -0.2) is 9.79 Å². The second kappa shape index (κ2) is 14.9. The summed E-state index contributed by atoms with van der Waals surface area (Å²) in [6, 6.07) is 3.95. The molecule has 1 saturated heterocycles. The second-order valence-corrected chi connectivity index (χ2v) is 12.1. The van der Waals surface area contributed by atoms with Crippen LogP contribution in [0.3, 0.4) is 0 Å². The number of methoxy groups -OCH3 is 1. The molecule has 5 atom stereocenters. The van der Waals surface area contributed by atoms with Gasteiger partial charge in [0.15, 0.2) is 18.0 Å². The van der Waals surface area contributed by atoms with Crippen LogP contribution in [-0.4, -0.2) is 83.8 Å². The maximum Gasteiger partial charge on any atom is 0.347 e. The van der Waals surface area contributed by atoms with E-state index in [9.17, 15) is 24.8 Å². The topological polar surface area (TPSA) is 226 Å². The number of aliphatic imine (C=N–C) groups is 1. The average molecular weight is 618 g/mol. The van der Waals surface area contributed by atoms with E-state index in [2.05, 4.69) is 15.0 Å². The van der Waals surface area contributed by atoms with Gasteiger partial charge in [-0.15, -0.1) is 0 Å². The Hall–Kier alpha value is -3.64. The molecule has 0 spiro atoms. The monoisotopic (exact) mass is 617 g/mol.